The van der Waals surface area contributed by atoms with Crippen LogP contribution >= 0.6 is 15.9 Å². The van der Waals surface area contributed by atoms with Crippen molar-refractivity contribution < 1.29 is 0 Å². The molecule has 3 N–H and O–H groups in total. The van der Waals surface area contributed by atoms with E-state index in [-0.39, 0.29) is 5.41 Å². The van der Waals surface area contributed by atoms with Crippen LogP contribution in [0.15, 0.2) is 41.0 Å². The Labute approximate surface area is 125 Å². The van der Waals surface area contributed by atoms with Crippen LogP contribution in [0.3, 0.4) is 0 Å². The molecule has 0 saturated carbocycles. The van der Waals surface area contributed by atoms with Crippen LogP contribution in [0, 0.1) is 0 Å². The molecule has 3 rings (SSSR count). The number of aromatic amines is 1. The molecule has 102 valence electrons. The highest BCUT2D eigenvalue weighted by Crippen LogP contribution is 2.31. The van der Waals surface area contributed by atoms with E-state index in [1.165, 1.54) is 0 Å². The first kappa shape index (κ1) is 13.1. The van der Waals surface area contributed by atoms with Gasteiger partial charge < -0.3 is 10.7 Å². The number of benzene rings is 1. The second-order valence-corrected chi connectivity index (χ2v) is 6.27. The third-order valence-corrected chi connectivity index (χ3v) is 3.96. The summed E-state index contributed by atoms with van der Waals surface area (Å²) >= 11 is 3.42. The zero-order valence-corrected chi connectivity index (χ0v) is 12.9. The van der Waals surface area contributed by atoms with Crippen molar-refractivity contribution in [2.75, 3.05) is 5.73 Å². The number of hydrogen-bond acceptors (Lipinski definition) is 3. The Morgan fingerprint density at radius 2 is 1.90 bits per heavy atom. The van der Waals surface area contributed by atoms with Gasteiger partial charge in [0.15, 0.2) is 5.65 Å². The van der Waals surface area contributed by atoms with E-state index in [2.05, 4.69) is 44.7 Å². The van der Waals surface area contributed by atoms with E-state index >= 15 is 0 Å². The largest absolute Gasteiger partial charge is 0.399 e. The maximum Gasteiger partial charge on any atom is 0.177 e. The molecule has 0 saturated heterocycles. The van der Waals surface area contributed by atoms with Crippen LogP contribution in [0.4, 0.5) is 5.69 Å². The molecule has 1 aromatic carbocycles. The number of nitrogens with zero attached hydrogens (tertiary/aromatic N) is 2. The van der Waals surface area contributed by atoms with Crippen LogP contribution < -0.4 is 5.73 Å². The van der Waals surface area contributed by atoms with Gasteiger partial charge in [0, 0.05) is 21.8 Å². The molecule has 0 bridgehead atoms. The Morgan fingerprint density at radius 3 is 2.60 bits per heavy atom. The van der Waals surface area contributed by atoms with Gasteiger partial charge in [0.2, 0.25) is 0 Å². The molecular formula is C15H15BrN4. The quantitative estimate of drug-likeness (QED) is 0.705. The lowest BCUT2D eigenvalue weighted by molar-refractivity contribution is 0.601. The average Bonchev–Trinajstić information content (AvgIpc) is 2.83. The molecule has 0 radical (unpaired) electrons. The highest BCUT2D eigenvalue weighted by Gasteiger charge is 2.27. The van der Waals surface area contributed by atoms with E-state index in [1.54, 1.807) is 6.20 Å². The van der Waals surface area contributed by atoms with Crippen molar-refractivity contribution in [2.45, 2.75) is 19.3 Å². The predicted octanol–water partition coefficient (Wildman–Crippen LogP) is 3.63. The third kappa shape index (κ3) is 2.18. The van der Waals surface area contributed by atoms with Gasteiger partial charge in [-0.2, -0.15) is 0 Å². The van der Waals surface area contributed by atoms with E-state index in [4.69, 9.17) is 5.73 Å². The molecule has 0 atom stereocenters. The lowest BCUT2D eigenvalue weighted by atomic mass is 9.84. The molecular weight excluding hydrogens is 316 g/mol. The highest BCUT2D eigenvalue weighted by molar-refractivity contribution is 9.10. The first-order chi connectivity index (χ1) is 9.46. The van der Waals surface area contributed by atoms with Gasteiger partial charge in [-0.15, -0.1) is 0 Å². The number of nitrogens with one attached hydrogen (secondary N) is 1. The minimum absolute atomic E-state index is 0.235. The number of fused-ring (bicyclic) bond motifs is 1. The summed E-state index contributed by atoms with van der Waals surface area (Å²) in [5, 5.41) is 0. The highest BCUT2D eigenvalue weighted by atomic mass is 79.9. The normalized spacial score (nSPS) is 11.9. The van der Waals surface area contributed by atoms with Gasteiger partial charge in [0.25, 0.3) is 0 Å². The molecule has 0 spiro atoms. The van der Waals surface area contributed by atoms with Crippen molar-refractivity contribution in [1.82, 2.24) is 15.0 Å². The van der Waals surface area contributed by atoms with Crippen LogP contribution in [0.1, 0.15) is 25.2 Å². The van der Waals surface area contributed by atoms with Crippen molar-refractivity contribution in [3.8, 4) is 0 Å². The Kier molecular flexibility index (Phi) is 3.01. The molecule has 0 aliphatic carbocycles. The number of hydrogen-bond donors (Lipinski definition) is 2. The molecule has 0 aliphatic rings. The fraction of sp³-hybridized carbons (Fsp3) is 0.200. The Hall–Kier alpha value is -1.88. The van der Waals surface area contributed by atoms with Crippen LogP contribution in [-0.2, 0) is 5.41 Å². The summed E-state index contributed by atoms with van der Waals surface area (Å²) in [6.07, 6.45) is 1.75. The minimum atomic E-state index is -0.235. The Morgan fingerprint density at radius 1 is 1.20 bits per heavy atom. The molecule has 3 aromatic rings. The van der Waals surface area contributed by atoms with E-state index in [0.717, 1.165) is 32.7 Å². The summed E-state index contributed by atoms with van der Waals surface area (Å²) in [6, 6.07) is 9.87. The van der Waals surface area contributed by atoms with E-state index in [9.17, 15) is 0 Å². The van der Waals surface area contributed by atoms with E-state index < -0.39 is 0 Å². The third-order valence-electron chi connectivity index (χ3n) is 3.53. The van der Waals surface area contributed by atoms with Crippen molar-refractivity contribution >= 4 is 32.8 Å². The lowest BCUT2D eigenvalue weighted by Crippen LogP contribution is -2.20. The number of aromatic nitrogens is 3. The SMILES string of the molecule is CC(C)(c1ccc(N)cc1)c1nc2ncc(Br)cc2[nH]1. The number of halogens is 1. The number of nitrogens with two attached hydrogens (primary N) is 1. The smallest absolute Gasteiger partial charge is 0.177 e. The average molecular weight is 331 g/mol. The first-order valence-corrected chi connectivity index (χ1v) is 7.14. The molecule has 20 heavy (non-hydrogen) atoms. The number of H-pyrrole nitrogens is 1. The van der Waals surface area contributed by atoms with Crippen LogP contribution in [0.25, 0.3) is 11.2 Å². The summed E-state index contributed by atoms with van der Waals surface area (Å²) in [7, 11) is 0. The van der Waals surface area contributed by atoms with Gasteiger partial charge in [-0.3, -0.25) is 0 Å². The van der Waals surface area contributed by atoms with Gasteiger partial charge in [0.1, 0.15) is 5.82 Å². The molecule has 0 unspecified atom stereocenters. The van der Waals surface area contributed by atoms with Gasteiger partial charge in [0.05, 0.1) is 5.52 Å². The van der Waals surface area contributed by atoms with Gasteiger partial charge in [-0.05, 0) is 53.5 Å². The molecule has 0 amide bonds. The fourth-order valence-corrected chi connectivity index (χ4v) is 2.54. The zero-order chi connectivity index (χ0) is 14.3. The van der Waals surface area contributed by atoms with Crippen molar-refractivity contribution in [1.29, 1.82) is 0 Å². The van der Waals surface area contributed by atoms with Gasteiger partial charge >= 0.3 is 0 Å². The number of rotatable bonds is 2. The van der Waals surface area contributed by atoms with Crippen LogP contribution in [0.5, 0.6) is 0 Å². The second-order valence-electron chi connectivity index (χ2n) is 5.36. The predicted molar refractivity (Wildman–Crippen MR) is 84.6 cm³/mol. The molecule has 0 fully saturated rings. The van der Waals surface area contributed by atoms with Crippen molar-refractivity contribution in [2.24, 2.45) is 0 Å². The number of nitrogen functional groups attached to an aromatic ring is 1. The summed E-state index contributed by atoms with van der Waals surface area (Å²) in [6.45, 7) is 4.26. The van der Waals surface area contributed by atoms with Crippen molar-refractivity contribution in [3.05, 3.63) is 52.4 Å². The summed E-state index contributed by atoms with van der Waals surface area (Å²) < 4.78 is 0.936. The fourth-order valence-electron chi connectivity index (χ4n) is 2.21. The second kappa shape index (κ2) is 4.59. The molecule has 5 heteroatoms. The van der Waals surface area contributed by atoms with Crippen LogP contribution in [-0.4, -0.2) is 15.0 Å². The lowest BCUT2D eigenvalue weighted by Gasteiger charge is -2.22. The monoisotopic (exact) mass is 330 g/mol. The summed E-state index contributed by atoms with van der Waals surface area (Å²) in [4.78, 5) is 12.3. The van der Waals surface area contributed by atoms with Crippen LogP contribution in [0.2, 0.25) is 0 Å². The van der Waals surface area contributed by atoms with E-state index in [0.29, 0.717) is 0 Å². The first-order valence-electron chi connectivity index (χ1n) is 6.34. The molecule has 2 heterocycles. The van der Waals surface area contributed by atoms with Gasteiger partial charge in [-0.25, -0.2) is 9.97 Å². The Bertz CT molecular complexity index is 759. The maximum atomic E-state index is 5.75. The van der Waals surface area contributed by atoms with E-state index in [1.807, 2.05) is 30.3 Å². The number of pyridine rings is 1. The number of imidazole rings is 1. The topological polar surface area (TPSA) is 67.6 Å². The molecule has 2 aromatic heterocycles. The standard InChI is InChI=1S/C15H15BrN4/c1-15(2,9-3-5-11(17)6-4-9)14-19-12-7-10(16)8-18-13(12)20-14/h3-8H,17H2,1-2H3,(H,18,19,20). The minimum Gasteiger partial charge on any atom is -0.399 e. The molecule has 0 aliphatic heterocycles. The summed E-state index contributed by atoms with van der Waals surface area (Å²) in [5.41, 5.74) is 9.09. The molecule has 4 nitrogen and oxygen atoms in total. The Balaban J connectivity index is 2.10. The maximum absolute atomic E-state index is 5.75. The van der Waals surface area contributed by atoms with Gasteiger partial charge in [-0.1, -0.05) is 12.1 Å². The zero-order valence-electron chi connectivity index (χ0n) is 11.3. The summed E-state index contributed by atoms with van der Waals surface area (Å²) in [5.74, 6) is 0.892. The number of anilines is 1. The van der Waals surface area contributed by atoms with Crippen molar-refractivity contribution in [3.63, 3.8) is 0 Å².